The van der Waals surface area contributed by atoms with E-state index in [0.717, 1.165) is 25.7 Å². The molecule has 0 N–H and O–H groups in total. The molecule has 1 aliphatic rings. The zero-order chi connectivity index (χ0) is 23.4. The summed E-state index contributed by atoms with van der Waals surface area (Å²) in [5.74, 6) is -0.173. The fourth-order valence-corrected chi connectivity index (χ4v) is 4.03. The average Bonchev–Trinajstić information content (AvgIpc) is 3.27. The first kappa shape index (κ1) is 23.1. The normalized spacial score (nSPS) is 14.8. The van der Waals surface area contributed by atoms with Crippen LogP contribution in [0.15, 0.2) is 53.1 Å². The van der Waals surface area contributed by atoms with E-state index in [1.165, 1.54) is 29.5 Å². The Morgan fingerprint density at radius 1 is 1.06 bits per heavy atom. The minimum absolute atomic E-state index is 0.0589. The van der Waals surface area contributed by atoms with E-state index in [0.29, 0.717) is 31.3 Å². The number of hydrogen-bond acceptors (Lipinski definition) is 4. The molecule has 1 fully saturated rings. The summed E-state index contributed by atoms with van der Waals surface area (Å²) in [6.45, 7) is 8.34. The quantitative estimate of drug-likeness (QED) is 0.504. The number of aromatic nitrogens is 1. The van der Waals surface area contributed by atoms with Crippen molar-refractivity contribution >= 4 is 5.91 Å². The fraction of sp³-hybridized carbons (Fsp3) is 0.385. The van der Waals surface area contributed by atoms with Crippen molar-refractivity contribution in [3.05, 3.63) is 77.3 Å². The highest BCUT2D eigenvalue weighted by Crippen LogP contribution is 2.25. The van der Waals surface area contributed by atoms with E-state index >= 15 is 0 Å². The van der Waals surface area contributed by atoms with Gasteiger partial charge < -0.3 is 9.32 Å². The van der Waals surface area contributed by atoms with Gasteiger partial charge in [-0.1, -0.05) is 38.1 Å². The number of halogens is 2. The predicted molar refractivity (Wildman–Crippen MR) is 123 cm³/mol. The lowest BCUT2D eigenvalue weighted by Gasteiger charge is -2.34. The number of oxazole rings is 1. The maximum Gasteiger partial charge on any atom is 0.223 e. The molecule has 0 radical (unpaired) electrons. The van der Waals surface area contributed by atoms with Crippen molar-refractivity contribution in [2.75, 3.05) is 26.2 Å². The van der Waals surface area contributed by atoms with Crippen molar-refractivity contribution in [2.45, 2.75) is 39.2 Å². The molecule has 0 bridgehead atoms. The fourth-order valence-electron chi connectivity index (χ4n) is 4.03. The van der Waals surface area contributed by atoms with Crippen LogP contribution in [0.3, 0.4) is 0 Å². The van der Waals surface area contributed by atoms with E-state index in [2.05, 4.69) is 48.0 Å². The molecule has 4 rings (SSSR count). The second-order valence-corrected chi connectivity index (χ2v) is 8.80. The molecule has 1 aromatic heterocycles. The van der Waals surface area contributed by atoms with Gasteiger partial charge >= 0.3 is 0 Å². The summed E-state index contributed by atoms with van der Waals surface area (Å²) in [6.07, 6.45) is 2.02. The molecule has 2 aromatic carbocycles. The highest BCUT2D eigenvalue weighted by molar-refractivity contribution is 5.76. The third kappa shape index (κ3) is 5.85. The molecule has 33 heavy (non-hydrogen) atoms. The maximum absolute atomic E-state index is 13.9. The molecule has 1 aliphatic heterocycles. The summed E-state index contributed by atoms with van der Waals surface area (Å²) in [4.78, 5) is 21.0. The zero-order valence-corrected chi connectivity index (χ0v) is 19.1. The van der Waals surface area contributed by atoms with Gasteiger partial charge in [-0.3, -0.25) is 9.69 Å². The molecule has 1 saturated heterocycles. The first-order chi connectivity index (χ1) is 15.9. The van der Waals surface area contributed by atoms with Gasteiger partial charge in [0.25, 0.3) is 0 Å². The van der Waals surface area contributed by atoms with Crippen LogP contribution in [-0.4, -0.2) is 46.9 Å². The SMILES string of the molecule is CC(C)c1ccc(CN2CCN(C(=O)CCc3ncc(-c4ccc(F)cc4F)o3)CC2)cc1. The Bertz CT molecular complexity index is 1090. The minimum Gasteiger partial charge on any atom is -0.441 e. The lowest BCUT2D eigenvalue weighted by Crippen LogP contribution is -2.48. The third-order valence-electron chi connectivity index (χ3n) is 6.08. The molecule has 0 saturated carbocycles. The summed E-state index contributed by atoms with van der Waals surface area (Å²) in [6, 6.07) is 12.1. The van der Waals surface area contributed by atoms with Crippen LogP contribution in [0.2, 0.25) is 0 Å². The first-order valence-electron chi connectivity index (χ1n) is 11.4. The standard InChI is InChI=1S/C26H29F2N3O2/c1-18(2)20-5-3-19(4-6-20)17-30-11-13-31(14-12-30)26(32)10-9-25-29-16-24(33-25)22-8-7-21(27)15-23(22)28/h3-8,15-16,18H,9-14,17H2,1-2H3. The van der Waals surface area contributed by atoms with Crippen LogP contribution < -0.4 is 0 Å². The highest BCUT2D eigenvalue weighted by atomic mass is 19.1. The van der Waals surface area contributed by atoms with Crippen LogP contribution in [0.1, 0.15) is 43.2 Å². The van der Waals surface area contributed by atoms with Crippen LogP contribution in [0.5, 0.6) is 0 Å². The van der Waals surface area contributed by atoms with Crippen LogP contribution >= 0.6 is 0 Å². The summed E-state index contributed by atoms with van der Waals surface area (Å²) in [5.41, 5.74) is 2.78. The van der Waals surface area contributed by atoms with Gasteiger partial charge in [0, 0.05) is 51.6 Å². The number of hydrogen-bond donors (Lipinski definition) is 0. The number of carbonyl (C=O) groups excluding carboxylic acids is 1. The Morgan fingerprint density at radius 2 is 1.79 bits per heavy atom. The number of piperazine rings is 1. The summed E-state index contributed by atoms with van der Waals surface area (Å²) in [5, 5.41) is 0. The number of aryl methyl sites for hydroxylation is 1. The predicted octanol–water partition coefficient (Wildman–Crippen LogP) is 5.02. The molecule has 5 nitrogen and oxygen atoms in total. The second-order valence-electron chi connectivity index (χ2n) is 8.80. The molecule has 0 atom stereocenters. The van der Waals surface area contributed by atoms with E-state index in [4.69, 9.17) is 4.42 Å². The van der Waals surface area contributed by atoms with E-state index < -0.39 is 11.6 Å². The largest absolute Gasteiger partial charge is 0.441 e. The minimum atomic E-state index is -0.706. The molecular formula is C26H29F2N3O2. The van der Waals surface area contributed by atoms with Gasteiger partial charge in [-0.05, 0) is 29.2 Å². The molecule has 0 aliphatic carbocycles. The lowest BCUT2D eigenvalue weighted by molar-refractivity contribution is -0.133. The van der Waals surface area contributed by atoms with Crippen molar-refractivity contribution < 1.29 is 18.0 Å². The number of rotatable bonds is 7. The molecule has 0 unspecified atom stereocenters. The van der Waals surface area contributed by atoms with Gasteiger partial charge in [0.15, 0.2) is 11.7 Å². The monoisotopic (exact) mass is 453 g/mol. The summed E-state index contributed by atoms with van der Waals surface area (Å²) in [7, 11) is 0. The van der Waals surface area contributed by atoms with Gasteiger partial charge in [-0.2, -0.15) is 0 Å². The molecule has 2 heterocycles. The van der Waals surface area contributed by atoms with Gasteiger partial charge in [0.2, 0.25) is 5.91 Å². The first-order valence-corrected chi connectivity index (χ1v) is 11.4. The molecule has 0 spiro atoms. The van der Waals surface area contributed by atoms with Crippen molar-refractivity contribution in [3.63, 3.8) is 0 Å². The zero-order valence-electron chi connectivity index (χ0n) is 19.1. The Kier molecular flexibility index (Phi) is 7.18. The van der Waals surface area contributed by atoms with E-state index in [9.17, 15) is 13.6 Å². The van der Waals surface area contributed by atoms with Crippen LogP contribution in [-0.2, 0) is 17.8 Å². The van der Waals surface area contributed by atoms with Crippen molar-refractivity contribution in [1.29, 1.82) is 0 Å². The lowest BCUT2D eigenvalue weighted by atomic mass is 10.0. The smallest absolute Gasteiger partial charge is 0.223 e. The van der Waals surface area contributed by atoms with Crippen molar-refractivity contribution in [1.82, 2.24) is 14.8 Å². The van der Waals surface area contributed by atoms with E-state index in [1.807, 2.05) is 4.90 Å². The summed E-state index contributed by atoms with van der Waals surface area (Å²) < 4.78 is 32.6. The Labute approximate surface area is 193 Å². The Hall–Kier alpha value is -3.06. The topological polar surface area (TPSA) is 49.6 Å². The van der Waals surface area contributed by atoms with Gasteiger partial charge in [0.05, 0.1) is 11.8 Å². The molecule has 174 valence electrons. The maximum atomic E-state index is 13.9. The molecular weight excluding hydrogens is 424 g/mol. The highest BCUT2D eigenvalue weighted by Gasteiger charge is 2.22. The van der Waals surface area contributed by atoms with Crippen LogP contribution in [0, 0.1) is 11.6 Å². The van der Waals surface area contributed by atoms with E-state index in [-0.39, 0.29) is 23.7 Å². The number of nitrogens with zero attached hydrogens (tertiary/aromatic N) is 3. The molecule has 3 aromatic rings. The van der Waals surface area contributed by atoms with Gasteiger partial charge in [-0.15, -0.1) is 0 Å². The number of benzene rings is 2. The van der Waals surface area contributed by atoms with Gasteiger partial charge in [0.1, 0.15) is 11.6 Å². The Morgan fingerprint density at radius 3 is 2.45 bits per heavy atom. The number of amides is 1. The molecule has 7 heteroatoms. The van der Waals surface area contributed by atoms with Crippen LogP contribution in [0.4, 0.5) is 8.78 Å². The van der Waals surface area contributed by atoms with Crippen molar-refractivity contribution in [3.8, 4) is 11.3 Å². The van der Waals surface area contributed by atoms with Crippen molar-refractivity contribution in [2.24, 2.45) is 0 Å². The second kappa shape index (κ2) is 10.3. The summed E-state index contributed by atoms with van der Waals surface area (Å²) >= 11 is 0. The number of carbonyl (C=O) groups is 1. The van der Waals surface area contributed by atoms with Gasteiger partial charge in [-0.25, -0.2) is 13.8 Å². The average molecular weight is 454 g/mol. The molecule has 1 amide bonds. The third-order valence-corrected chi connectivity index (χ3v) is 6.08. The van der Waals surface area contributed by atoms with E-state index in [1.54, 1.807) is 0 Å². The van der Waals surface area contributed by atoms with Crippen LogP contribution in [0.25, 0.3) is 11.3 Å². The Balaban J connectivity index is 1.24.